The lowest BCUT2D eigenvalue weighted by atomic mass is 10.1. The molecule has 0 spiro atoms. The monoisotopic (exact) mass is 512 g/mol. The van der Waals surface area contributed by atoms with E-state index in [9.17, 15) is 25.0 Å². The van der Waals surface area contributed by atoms with Gasteiger partial charge in [0.2, 0.25) is 0 Å². The predicted octanol–water partition coefficient (Wildman–Crippen LogP) is 5.42. The van der Waals surface area contributed by atoms with E-state index in [1.54, 1.807) is 38.3 Å². The fraction of sp³-hybridized carbons (Fsp3) is 0.217. The number of thiazole rings is 1. The van der Waals surface area contributed by atoms with Gasteiger partial charge in [-0.15, -0.1) is 22.7 Å². The molecule has 0 radical (unpaired) electrons. The van der Waals surface area contributed by atoms with Gasteiger partial charge in [-0.25, -0.2) is 14.6 Å². The van der Waals surface area contributed by atoms with Crippen molar-refractivity contribution in [1.82, 2.24) is 4.98 Å². The average molecular weight is 513 g/mol. The topological polar surface area (TPSA) is 144 Å². The summed E-state index contributed by atoms with van der Waals surface area (Å²) in [5, 5.41) is 26.1. The molecular weight excluding hydrogens is 492 g/mol. The molecule has 1 aromatic carbocycles. The number of nitro groups is 1. The number of carbonyl (C=O) groups excluding carboxylic acids is 2. The first-order valence-corrected chi connectivity index (χ1v) is 12.0. The maximum Gasteiger partial charge on any atom is 0.348 e. The molecule has 0 aliphatic carbocycles. The number of nitro benzene ring substituents is 1. The summed E-state index contributed by atoms with van der Waals surface area (Å²) in [6.45, 7) is 5.32. The first-order valence-electron chi connectivity index (χ1n) is 10.4. The molecule has 12 heteroatoms. The maximum atomic E-state index is 12.5. The van der Waals surface area contributed by atoms with Gasteiger partial charge in [-0.05, 0) is 26.3 Å². The Morgan fingerprint density at radius 1 is 1.26 bits per heavy atom. The summed E-state index contributed by atoms with van der Waals surface area (Å²) in [4.78, 5) is 40.1. The maximum absolute atomic E-state index is 12.5. The highest BCUT2D eigenvalue weighted by Crippen LogP contribution is 2.35. The van der Waals surface area contributed by atoms with Crippen LogP contribution in [0.25, 0.3) is 16.8 Å². The number of allylic oxidation sites excluding steroid dienone is 1. The number of nitrogens with zero attached hydrogens (tertiary/aromatic N) is 3. The normalized spacial score (nSPS) is 11.0. The van der Waals surface area contributed by atoms with E-state index in [1.165, 1.54) is 29.7 Å². The van der Waals surface area contributed by atoms with Crippen molar-refractivity contribution < 1.29 is 24.0 Å². The molecular formula is C23H20N4O6S2. The van der Waals surface area contributed by atoms with Gasteiger partial charge in [0, 0.05) is 29.3 Å². The van der Waals surface area contributed by atoms with Gasteiger partial charge < -0.3 is 14.8 Å². The van der Waals surface area contributed by atoms with Gasteiger partial charge in [0.1, 0.15) is 26.5 Å². The van der Waals surface area contributed by atoms with Crippen molar-refractivity contribution in [3.05, 3.63) is 67.0 Å². The van der Waals surface area contributed by atoms with Crippen LogP contribution in [0.4, 0.5) is 10.7 Å². The SMILES string of the molecule is CCOC(=O)c1sc(NC=C(C#N)c2nc(-c3cccc([N+](=O)[O-])c3)cs2)c(C(=O)OCC)c1C. The van der Waals surface area contributed by atoms with Crippen molar-refractivity contribution >= 4 is 50.9 Å². The summed E-state index contributed by atoms with van der Waals surface area (Å²) in [7, 11) is 0. The van der Waals surface area contributed by atoms with E-state index in [1.807, 2.05) is 0 Å². The Morgan fingerprint density at radius 2 is 1.97 bits per heavy atom. The highest BCUT2D eigenvalue weighted by Gasteiger charge is 2.26. The van der Waals surface area contributed by atoms with Crippen LogP contribution < -0.4 is 5.32 Å². The number of hydrogen-bond donors (Lipinski definition) is 1. The van der Waals surface area contributed by atoms with E-state index in [-0.39, 0.29) is 34.9 Å². The van der Waals surface area contributed by atoms with Gasteiger partial charge >= 0.3 is 11.9 Å². The van der Waals surface area contributed by atoms with Crippen molar-refractivity contribution in [1.29, 1.82) is 5.26 Å². The second kappa shape index (κ2) is 11.4. The highest BCUT2D eigenvalue weighted by molar-refractivity contribution is 7.18. The summed E-state index contributed by atoms with van der Waals surface area (Å²) in [6, 6.07) is 8.10. The van der Waals surface area contributed by atoms with Crippen LogP contribution in [0.3, 0.4) is 0 Å². The average Bonchev–Trinajstić information content (AvgIpc) is 3.45. The van der Waals surface area contributed by atoms with E-state index in [0.29, 0.717) is 26.8 Å². The van der Waals surface area contributed by atoms with Crippen molar-refractivity contribution in [3.63, 3.8) is 0 Å². The lowest BCUT2D eigenvalue weighted by Gasteiger charge is -2.05. The Kier molecular flexibility index (Phi) is 8.30. The number of nitriles is 1. The number of non-ortho nitro benzene ring substituents is 1. The van der Waals surface area contributed by atoms with Crippen LogP contribution in [0.5, 0.6) is 0 Å². The van der Waals surface area contributed by atoms with E-state index in [2.05, 4.69) is 16.4 Å². The molecule has 180 valence electrons. The van der Waals surface area contributed by atoms with Crippen molar-refractivity contribution in [3.8, 4) is 17.3 Å². The molecule has 0 saturated carbocycles. The summed E-state index contributed by atoms with van der Waals surface area (Å²) in [6.07, 6.45) is 1.39. The zero-order valence-corrected chi connectivity index (χ0v) is 20.6. The quantitative estimate of drug-likeness (QED) is 0.172. The fourth-order valence-electron chi connectivity index (χ4n) is 3.04. The number of esters is 2. The van der Waals surface area contributed by atoms with Gasteiger partial charge in [-0.1, -0.05) is 12.1 Å². The zero-order chi connectivity index (χ0) is 25.5. The van der Waals surface area contributed by atoms with Crippen LogP contribution in [-0.2, 0) is 9.47 Å². The van der Waals surface area contributed by atoms with Crippen LogP contribution >= 0.6 is 22.7 Å². The molecule has 2 heterocycles. The van der Waals surface area contributed by atoms with Crippen LogP contribution in [0, 0.1) is 28.4 Å². The van der Waals surface area contributed by atoms with Gasteiger partial charge in [0.05, 0.1) is 29.4 Å². The van der Waals surface area contributed by atoms with Crippen molar-refractivity contribution in [2.75, 3.05) is 18.5 Å². The first-order chi connectivity index (χ1) is 16.8. The van der Waals surface area contributed by atoms with Gasteiger partial charge in [0.25, 0.3) is 5.69 Å². The Bertz CT molecular complexity index is 1350. The molecule has 0 atom stereocenters. The van der Waals surface area contributed by atoms with Gasteiger partial charge in [-0.3, -0.25) is 10.1 Å². The minimum atomic E-state index is -0.603. The van der Waals surface area contributed by atoms with Crippen LogP contribution in [0.2, 0.25) is 0 Å². The van der Waals surface area contributed by atoms with E-state index >= 15 is 0 Å². The summed E-state index contributed by atoms with van der Waals surface area (Å²) < 4.78 is 10.2. The van der Waals surface area contributed by atoms with Gasteiger partial charge in [0.15, 0.2) is 0 Å². The predicted molar refractivity (Wildman–Crippen MR) is 132 cm³/mol. The molecule has 0 aliphatic heterocycles. The molecule has 0 fully saturated rings. The van der Waals surface area contributed by atoms with Crippen molar-refractivity contribution in [2.24, 2.45) is 0 Å². The molecule has 3 rings (SSSR count). The number of anilines is 1. The third kappa shape index (κ3) is 5.71. The minimum absolute atomic E-state index is 0.0632. The Labute approximate surface area is 208 Å². The van der Waals surface area contributed by atoms with Crippen LogP contribution in [-0.4, -0.2) is 35.1 Å². The number of rotatable bonds is 9. The van der Waals surface area contributed by atoms with E-state index < -0.39 is 16.9 Å². The zero-order valence-electron chi connectivity index (χ0n) is 19.0. The molecule has 10 nitrogen and oxygen atoms in total. The standard InChI is InChI=1S/C23H20N4O6S2/c1-4-32-22(28)18-13(3)19(23(29)33-5-2)35-21(18)25-11-15(10-24)20-26-17(12-34-20)14-7-6-8-16(9-14)27(30)31/h6-9,11-12,25H,4-5H2,1-3H3. The van der Waals surface area contributed by atoms with E-state index in [4.69, 9.17) is 9.47 Å². The number of carbonyl (C=O) groups is 2. The molecule has 1 N–H and O–H groups in total. The lowest BCUT2D eigenvalue weighted by molar-refractivity contribution is -0.384. The second-order valence-electron chi connectivity index (χ2n) is 6.86. The summed E-state index contributed by atoms with van der Waals surface area (Å²) in [5.41, 5.74) is 1.74. The Balaban J connectivity index is 1.94. The number of hydrogen-bond acceptors (Lipinski definition) is 11. The Hall–Kier alpha value is -4.08. The molecule has 3 aromatic rings. The summed E-state index contributed by atoms with van der Waals surface area (Å²) in [5.74, 6) is -1.16. The number of thiophene rings is 1. The van der Waals surface area contributed by atoms with E-state index in [0.717, 1.165) is 11.3 Å². The number of nitrogens with one attached hydrogen (secondary N) is 1. The third-order valence-electron chi connectivity index (χ3n) is 4.64. The van der Waals surface area contributed by atoms with Crippen molar-refractivity contribution in [2.45, 2.75) is 20.8 Å². The number of benzene rings is 1. The molecule has 0 bridgehead atoms. The molecule has 35 heavy (non-hydrogen) atoms. The summed E-state index contributed by atoms with van der Waals surface area (Å²) >= 11 is 2.21. The third-order valence-corrected chi connectivity index (χ3v) is 6.72. The smallest absolute Gasteiger partial charge is 0.348 e. The fourth-order valence-corrected chi connectivity index (χ4v) is 4.90. The van der Waals surface area contributed by atoms with Crippen LogP contribution in [0.15, 0.2) is 35.8 Å². The van der Waals surface area contributed by atoms with Gasteiger partial charge in [-0.2, -0.15) is 5.26 Å². The second-order valence-corrected chi connectivity index (χ2v) is 8.74. The highest BCUT2D eigenvalue weighted by atomic mass is 32.1. The molecule has 0 saturated heterocycles. The molecule has 0 unspecified atom stereocenters. The first kappa shape index (κ1) is 25.5. The Morgan fingerprint density at radius 3 is 2.63 bits per heavy atom. The minimum Gasteiger partial charge on any atom is -0.462 e. The molecule has 2 aromatic heterocycles. The largest absolute Gasteiger partial charge is 0.462 e. The van der Waals surface area contributed by atoms with Crippen LogP contribution in [0.1, 0.15) is 44.4 Å². The molecule has 0 amide bonds. The number of aromatic nitrogens is 1. The molecule has 0 aliphatic rings. The lowest BCUT2D eigenvalue weighted by Crippen LogP contribution is -2.09. The number of ether oxygens (including phenoxy) is 2.